The first-order chi connectivity index (χ1) is 17.7. The summed E-state index contributed by atoms with van der Waals surface area (Å²) in [6.45, 7) is 8.19. The standard InChI is InChI=1S/C31H31F2NO3/c1-19(2)30-29(28(35)15-11-21-10-14-25(32)26(33)16-21)24-13-12-23(37-31(36)20(3)4)17-27(24)34(30)18-22-8-6-5-7-9-22/h5-10,12-14,16-17,19-20H,11,15,18H2,1-4H3. The smallest absolute Gasteiger partial charge is 0.313 e. The number of esters is 1. The van der Waals surface area contributed by atoms with Gasteiger partial charge in [-0.2, -0.15) is 0 Å². The first-order valence-corrected chi connectivity index (χ1v) is 12.5. The van der Waals surface area contributed by atoms with Gasteiger partial charge in [0, 0.05) is 35.7 Å². The van der Waals surface area contributed by atoms with E-state index in [1.807, 2.05) is 56.3 Å². The molecule has 0 saturated heterocycles. The average Bonchev–Trinajstić information content (AvgIpc) is 3.18. The molecule has 0 fully saturated rings. The molecule has 4 aromatic rings. The number of benzene rings is 3. The summed E-state index contributed by atoms with van der Waals surface area (Å²) in [5.74, 6) is -2.05. The zero-order chi connectivity index (χ0) is 26.7. The lowest BCUT2D eigenvalue weighted by atomic mass is 9.96. The van der Waals surface area contributed by atoms with E-state index in [0.29, 0.717) is 29.8 Å². The highest BCUT2D eigenvalue weighted by atomic mass is 19.2. The first-order valence-electron chi connectivity index (χ1n) is 12.5. The monoisotopic (exact) mass is 503 g/mol. The van der Waals surface area contributed by atoms with E-state index in [1.165, 1.54) is 6.07 Å². The Morgan fingerprint density at radius 1 is 0.865 bits per heavy atom. The maximum Gasteiger partial charge on any atom is 0.313 e. The minimum atomic E-state index is -0.921. The van der Waals surface area contributed by atoms with Crippen molar-refractivity contribution in [2.75, 3.05) is 0 Å². The van der Waals surface area contributed by atoms with Gasteiger partial charge >= 0.3 is 5.97 Å². The van der Waals surface area contributed by atoms with Crippen LogP contribution in [-0.2, 0) is 17.8 Å². The predicted octanol–water partition coefficient (Wildman–Crippen LogP) is 7.47. The van der Waals surface area contributed by atoms with Crippen LogP contribution in [0.2, 0.25) is 0 Å². The van der Waals surface area contributed by atoms with Crippen LogP contribution in [0.15, 0.2) is 66.7 Å². The van der Waals surface area contributed by atoms with Gasteiger partial charge in [0.25, 0.3) is 0 Å². The molecular weight excluding hydrogens is 472 g/mol. The lowest BCUT2D eigenvalue weighted by molar-refractivity contribution is -0.137. The molecule has 1 heterocycles. The number of fused-ring (bicyclic) bond motifs is 1. The molecule has 192 valence electrons. The lowest BCUT2D eigenvalue weighted by Crippen LogP contribution is -2.14. The average molecular weight is 504 g/mol. The number of aromatic nitrogens is 1. The molecular formula is C31H31F2NO3. The molecule has 6 heteroatoms. The second-order valence-corrected chi connectivity index (χ2v) is 9.91. The van der Waals surface area contributed by atoms with Crippen LogP contribution in [0, 0.1) is 17.6 Å². The van der Waals surface area contributed by atoms with Gasteiger partial charge in [0.05, 0.1) is 11.4 Å². The summed E-state index contributed by atoms with van der Waals surface area (Å²) in [5.41, 5.74) is 3.95. The summed E-state index contributed by atoms with van der Waals surface area (Å²) in [6.07, 6.45) is 0.447. The second kappa shape index (κ2) is 11.1. The molecule has 0 aliphatic rings. The van der Waals surface area contributed by atoms with Gasteiger partial charge in [0.1, 0.15) is 5.75 Å². The van der Waals surface area contributed by atoms with Crippen molar-refractivity contribution in [1.29, 1.82) is 0 Å². The molecule has 0 bridgehead atoms. The molecule has 0 aliphatic heterocycles. The van der Waals surface area contributed by atoms with Gasteiger partial charge in [0.2, 0.25) is 0 Å². The van der Waals surface area contributed by atoms with Crippen LogP contribution in [0.25, 0.3) is 10.9 Å². The fourth-order valence-electron chi connectivity index (χ4n) is 4.55. The summed E-state index contributed by atoms with van der Waals surface area (Å²) in [5, 5.41) is 0.777. The molecule has 0 aliphatic carbocycles. The maximum atomic E-state index is 13.7. The zero-order valence-corrected chi connectivity index (χ0v) is 21.6. The van der Waals surface area contributed by atoms with Crippen molar-refractivity contribution in [2.45, 2.75) is 53.0 Å². The van der Waals surface area contributed by atoms with E-state index in [9.17, 15) is 18.4 Å². The van der Waals surface area contributed by atoms with Crippen molar-refractivity contribution < 1.29 is 23.1 Å². The summed E-state index contributed by atoms with van der Waals surface area (Å²) < 4.78 is 34.7. The number of ketones is 1. The van der Waals surface area contributed by atoms with Gasteiger partial charge in [-0.15, -0.1) is 0 Å². The van der Waals surface area contributed by atoms with Crippen molar-refractivity contribution in [3.05, 3.63) is 101 Å². The number of hydrogen-bond donors (Lipinski definition) is 0. The quantitative estimate of drug-likeness (QED) is 0.135. The van der Waals surface area contributed by atoms with E-state index < -0.39 is 11.6 Å². The van der Waals surface area contributed by atoms with Crippen molar-refractivity contribution in [3.8, 4) is 5.75 Å². The topological polar surface area (TPSA) is 48.3 Å². The fraction of sp³-hybridized carbons (Fsp3) is 0.290. The molecule has 4 rings (SSSR count). The molecule has 0 saturated carbocycles. The Labute approximate surface area is 215 Å². The second-order valence-electron chi connectivity index (χ2n) is 9.91. The minimum Gasteiger partial charge on any atom is -0.426 e. The number of aryl methyl sites for hydroxylation is 1. The number of rotatable bonds is 9. The number of nitrogens with zero attached hydrogens (tertiary/aromatic N) is 1. The van der Waals surface area contributed by atoms with Gasteiger partial charge in [-0.25, -0.2) is 8.78 Å². The number of ether oxygens (including phenoxy) is 1. The van der Waals surface area contributed by atoms with Gasteiger partial charge in [-0.1, -0.05) is 64.1 Å². The highest BCUT2D eigenvalue weighted by Crippen LogP contribution is 2.35. The highest BCUT2D eigenvalue weighted by molar-refractivity contribution is 6.10. The summed E-state index contributed by atoms with van der Waals surface area (Å²) in [6, 6.07) is 19.0. The number of carbonyl (C=O) groups is 2. The Hall–Kier alpha value is -3.80. The highest BCUT2D eigenvalue weighted by Gasteiger charge is 2.25. The SMILES string of the molecule is CC(C)C(=O)Oc1ccc2c(C(=O)CCc3ccc(F)c(F)c3)c(C(C)C)n(Cc3ccccc3)c2c1. The van der Waals surface area contributed by atoms with Crippen LogP contribution in [0.1, 0.15) is 67.2 Å². The van der Waals surface area contributed by atoms with Gasteiger partial charge in [-0.3, -0.25) is 9.59 Å². The molecule has 0 spiro atoms. The molecule has 37 heavy (non-hydrogen) atoms. The number of carbonyl (C=O) groups excluding carboxylic acids is 2. The Kier molecular flexibility index (Phi) is 7.86. The molecule has 0 atom stereocenters. The van der Waals surface area contributed by atoms with Crippen molar-refractivity contribution in [2.24, 2.45) is 5.92 Å². The van der Waals surface area contributed by atoms with E-state index in [4.69, 9.17) is 4.74 Å². The van der Waals surface area contributed by atoms with Crippen molar-refractivity contribution >= 4 is 22.7 Å². The van der Waals surface area contributed by atoms with Crippen molar-refractivity contribution in [1.82, 2.24) is 4.57 Å². The zero-order valence-electron chi connectivity index (χ0n) is 21.6. The first kappa shape index (κ1) is 26.3. The van der Waals surface area contributed by atoms with Crippen LogP contribution in [0.5, 0.6) is 5.75 Å². The van der Waals surface area contributed by atoms with Crippen LogP contribution in [-0.4, -0.2) is 16.3 Å². The van der Waals surface area contributed by atoms with E-state index in [1.54, 1.807) is 19.9 Å². The molecule has 1 aromatic heterocycles. The molecule has 0 N–H and O–H groups in total. The molecule has 3 aromatic carbocycles. The van der Waals surface area contributed by atoms with Gasteiger partial charge < -0.3 is 9.30 Å². The summed E-state index contributed by atoms with van der Waals surface area (Å²) >= 11 is 0. The van der Waals surface area contributed by atoms with Crippen LogP contribution < -0.4 is 4.74 Å². The third-order valence-electron chi connectivity index (χ3n) is 6.40. The predicted molar refractivity (Wildman–Crippen MR) is 141 cm³/mol. The third-order valence-corrected chi connectivity index (χ3v) is 6.40. The molecule has 0 amide bonds. The molecule has 0 unspecified atom stereocenters. The summed E-state index contributed by atoms with van der Waals surface area (Å²) in [4.78, 5) is 25.9. The van der Waals surface area contributed by atoms with E-state index in [0.717, 1.165) is 34.3 Å². The van der Waals surface area contributed by atoms with Crippen LogP contribution >= 0.6 is 0 Å². The van der Waals surface area contributed by atoms with Crippen LogP contribution in [0.4, 0.5) is 8.78 Å². The Morgan fingerprint density at radius 2 is 1.59 bits per heavy atom. The Bertz CT molecular complexity index is 1440. The summed E-state index contributed by atoms with van der Waals surface area (Å²) in [7, 11) is 0. The van der Waals surface area contributed by atoms with Crippen LogP contribution in [0.3, 0.4) is 0 Å². The lowest BCUT2D eigenvalue weighted by Gasteiger charge is -2.15. The van der Waals surface area contributed by atoms with E-state index in [2.05, 4.69) is 4.57 Å². The van der Waals surface area contributed by atoms with E-state index >= 15 is 0 Å². The van der Waals surface area contributed by atoms with Gasteiger partial charge in [-0.05, 0) is 47.7 Å². The van der Waals surface area contributed by atoms with Crippen molar-refractivity contribution in [3.63, 3.8) is 0 Å². The van der Waals surface area contributed by atoms with Gasteiger partial charge in [0.15, 0.2) is 17.4 Å². The number of halogens is 2. The molecule has 0 radical (unpaired) electrons. The Morgan fingerprint density at radius 3 is 2.24 bits per heavy atom. The Balaban J connectivity index is 1.79. The van der Waals surface area contributed by atoms with E-state index in [-0.39, 0.29) is 30.0 Å². The molecule has 4 nitrogen and oxygen atoms in total. The number of Topliss-reactive ketones (excluding diaryl/α,β-unsaturated/α-hetero) is 1. The minimum absolute atomic E-state index is 0.0278. The normalized spacial score (nSPS) is 11.5. The number of hydrogen-bond acceptors (Lipinski definition) is 3. The fourth-order valence-corrected chi connectivity index (χ4v) is 4.55. The maximum absolute atomic E-state index is 13.7. The third kappa shape index (κ3) is 5.79. The largest absolute Gasteiger partial charge is 0.426 e.